The molecule has 0 rings (SSSR count). The van der Waals surface area contributed by atoms with Crippen molar-refractivity contribution >= 4 is 17.9 Å². The molecule has 0 aromatic rings. The minimum Gasteiger partial charge on any atom is -0.477 e. The third-order valence-corrected chi connectivity index (χ3v) is 8.04. The molecule has 0 aromatic carbocycles. The Hall–Kier alpha value is -1.89. The predicted octanol–water partition coefficient (Wildman–Crippen LogP) is 7.43. The van der Waals surface area contributed by atoms with Crippen LogP contribution in [0, 0.1) is 0 Å². The zero-order chi connectivity index (χ0) is 28.1. The van der Waals surface area contributed by atoms with Crippen LogP contribution in [0.1, 0.15) is 137 Å². The lowest BCUT2D eigenvalue weighted by atomic mass is 10.00. The number of aliphatic carboxylic acids is 3. The molecule has 3 N–H and O–H groups in total. The van der Waals surface area contributed by atoms with Gasteiger partial charge >= 0.3 is 17.9 Å². The maximum Gasteiger partial charge on any atom is 0.362 e. The van der Waals surface area contributed by atoms with Gasteiger partial charge < -0.3 is 15.3 Å². The van der Waals surface area contributed by atoms with E-state index in [1.54, 1.807) is 0 Å². The van der Waals surface area contributed by atoms with Crippen LogP contribution in [0.2, 0.25) is 0 Å². The van der Waals surface area contributed by atoms with Crippen LogP contribution in [0.15, 0.2) is 12.2 Å². The van der Waals surface area contributed by atoms with Crippen molar-refractivity contribution in [1.29, 1.82) is 0 Å². The second-order valence-electron chi connectivity index (χ2n) is 10.8. The Morgan fingerprint density at radius 2 is 0.838 bits per heavy atom. The molecule has 37 heavy (non-hydrogen) atoms. The van der Waals surface area contributed by atoms with Gasteiger partial charge in [0.15, 0.2) is 18.1 Å². The van der Waals surface area contributed by atoms with E-state index in [1.165, 1.54) is 91.4 Å². The van der Waals surface area contributed by atoms with Gasteiger partial charge in [0.1, 0.15) is 0 Å². The van der Waals surface area contributed by atoms with Crippen molar-refractivity contribution in [3.05, 3.63) is 12.2 Å². The molecule has 0 fully saturated rings. The monoisotopic (exact) mass is 526 g/mol. The van der Waals surface area contributed by atoms with Crippen LogP contribution < -0.4 is 0 Å². The first kappa shape index (κ1) is 35.1. The van der Waals surface area contributed by atoms with E-state index in [4.69, 9.17) is 0 Å². The highest BCUT2D eigenvalue weighted by molar-refractivity contribution is 5.77. The molecular formula is C30H56NO6+. The topological polar surface area (TPSA) is 112 Å². The smallest absolute Gasteiger partial charge is 0.362 e. The number of rotatable bonds is 25. The SMILES string of the molecule is CCCCCCCCCCCCC/C=C/CCCCCC[N+](C(C)C(=O)O)(C(C)C(=O)O)C(C)C(=O)O. The molecule has 0 aromatic heterocycles. The molecule has 0 aliphatic rings. The lowest BCUT2D eigenvalue weighted by molar-refractivity contribution is -0.968. The quantitative estimate of drug-likeness (QED) is 0.0648. The second-order valence-corrected chi connectivity index (χ2v) is 10.8. The summed E-state index contributed by atoms with van der Waals surface area (Å²) in [6.45, 7) is 6.72. The molecule has 0 saturated carbocycles. The molecule has 3 unspecified atom stereocenters. The summed E-state index contributed by atoms with van der Waals surface area (Å²) in [4.78, 5) is 35.4. The number of carboxylic acids is 3. The third kappa shape index (κ3) is 14.0. The van der Waals surface area contributed by atoms with Gasteiger partial charge in [-0.3, -0.25) is 4.48 Å². The first-order valence-electron chi connectivity index (χ1n) is 14.8. The summed E-state index contributed by atoms with van der Waals surface area (Å²) in [6, 6.07) is -3.39. The number of quaternary nitrogens is 1. The molecule has 216 valence electrons. The summed E-state index contributed by atoms with van der Waals surface area (Å²) in [5.74, 6) is -3.53. The Balaban J connectivity index is 4.19. The highest BCUT2D eigenvalue weighted by Crippen LogP contribution is 2.27. The van der Waals surface area contributed by atoms with Crippen LogP contribution in [-0.4, -0.2) is 62.4 Å². The van der Waals surface area contributed by atoms with E-state index in [-0.39, 0.29) is 6.54 Å². The number of carboxylic acid groups (broad SMARTS) is 3. The van der Waals surface area contributed by atoms with Crippen molar-refractivity contribution in [1.82, 2.24) is 0 Å². The summed E-state index contributed by atoms with van der Waals surface area (Å²) in [7, 11) is 0. The minimum absolute atomic E-state index is 0.211. The standard InChI is InChI=1S/C30H55NO6/c1-5-6-7-8-9-10-11-12-13-14-15-16-17-18-19-20-21-22-23-24-31(25(2)28(32)33,26(3)29(34)35)27(4)30(36)37/h17-18,25-27H,5-16,19-24H2,1-4H3,(H2-,32,33,34,35,36,37)/p+1/b18-17+. The second kappa shape index (κ2) is 21.1. The fourth-order valence-corrected chi connectivity index (χ4v) is 5.37. The molecular weight excluding hydrogens is 470 g/mol. The van der Waals surface area contributed by atoms with Crippen molar-refractivity contribution in [2.45, 2.75) is 155 Å². The number of unbranched alkanes of at least 4 members (excludes halogenated alkanes) is 15. The van der Waals surface area contributed by atoms with Gasteiger partial charge in [-0.05, 0) is 59.3 Å². The highest BCUT2D eigenvalue weighted by Gasteiger charge is 2.52. The summed E-state index contributed by atoms with van der Waals surface area (Å²) < 4.78 is -0.487. The number of hydrogen-bond acceptors (Lipinski definition) is 3. The zero-order valence-corrected chi connectivity index (χ0v) is 24.1. The Bertz CT molecular complexity index is 612. The fourth-order valence-electron chi connectivity index (χ4n) is 5.37. The minimum atomic E-state index is -1.18. The first-order valence-corrected chi connectivity index (χ1v) is 14.8. The molecule has 0 aliphatic heterocycles. The molecule has 7 nitrogen and oxygen atoms in total. The Kier molecular flexibility index (Phi) is 20.0. The van der Waals surface area contributed by atoms with E-state index in [1.807, 2.05) is 0 Å². The molecule has 0 amide bonds. The van der Waals surface area contributed by atoms with Crippen LogP contribution in [0.25, 0.3) is 0 Å². The van der Waals surface area contributed by atoms with Crippen molar-refractivity contribution in [2.75, 3.05) is 6.54 Å². The molecule has 7 heteroatoms. The van der Waals surface area contributed by atoms with Gasteiger partial charge in [0.05, 0.1) is 6.54 Å². The highest BCUT2D eigenvalue weighted by atomic mass is 16.4. The normalized spacial score (nSPS) is 15.8. The molecule has 0 spiro atoms. The molecule has 0 aliphatic carbocycles. The van der Waals surface area contributed by atoms with Gasteiger partial charge in [-0.15, -0.1) is 0 Å². The molecule has 0 bridgehead atoms. The molecule has 3 atom stereocenters. The predicted molar refractivity (Wildman–Crippen MR) is 150 cm³/mol. The Labute approximate surface area is 225 Å². The third-order valence-electron chi connectivity index (χ3n) is 8.04. The Morgan fingerprint density at radius 3 is 1.16 bits per heavy atom. The Morgan fingerprint density at radius 1 is 0.541 bits per heavy atom. The number of carbonyl (C=O) groups is 3. The van der Waals surface area contributed by atoms with Crippen LogP contribution in [0.5, 0.6) is 0 Å². The van der Waals surface area contributed by atoms with Crippen LogP contribution in [0.4, 0.5) is 0 Å². The summed E-state index contributed by atoms with van der Waals surface area (Å²) in [5.41, 5.74) is 0. The van der Waals surface area contributed by atoms with E-state index in [0.717, 1.165) is 32.1 Å². The van der Waals surface area contributed by atoms with Crippen LogP contribution >= 0.6 is 0 Å². The summed E-state index contributed by atoms with van der Waals surface area (Å²) >= 11 is 0. The van der Waals surface area contributed by atoms with Crippen molar-refractivity contribution in [3.63, 3.8) is 0 Å². The summed E-state index contributed by atoms with van der Waals surface area (Å²) in [6.07, 6.45) is 24.9. The largest absolute Gasteiger partial charge is 0.477 e. The van der Waals surface area contributed by atoms with E-state index in [9.17, 15) is 29.7 Å². The summed E-state index contributed by atoms with van der Waals surface area (Å²) in [5, 5.41) is 28.9. The lowest BCUT2D eigenvalue weighted by Gasteiger charge is -2.47. The average Bonchev–Trinajstić information content (AvgIpc) is 2.86. The van der Waals surface area contributed by atoms with Crippen LogP contribution in [-0.2, 0) is 14.4 Å². The first-order chi connectivity index (χ1) is 17.6. The number of hydrogen-bond donors (Lipinski definition) is 3. The van der Waals surface area contributed by atoms with Crippen molar-refractivity contribution in [3.8, 4) is 0 Å². The van der Waals surface area contributed by atoms with Gasteiger partial charge in [0.25, 0.3) is 0 Å². The van der Waals surface area contributed by atoms with Crippen LogP contribution in [0.3, 0.4) is 0 Å². The lowest BCUT2D eigenvalue weighted by Crippen LogP contribution is -2.70. The fraction of sp³-hybridized carbons (Fsp3) is 0.833. The van der Waals surface area contributed by atoms with Crippen molar-refractivity contribution < 1.29 is 34.2 Å². The number of allylic oxidation sites excluding steroid dienone is 2. The van der Waals surface area contributed by atoms with E-state index >= 15 is 0 Å². The molecule has 0 saturated heterocycles. The van der Waals surface area contributed by atoms with Gasteiger partial charge in [-0.25, -0.2) is 14.4 Å². The van der Waals surface area contributed by atoms with Gasteiger partial charge in [0, 0.05) is 0 Å². The average molecular weight is 527 g/mol. The van der Waals surface area contributed by atoms with Gasteiger partial charge in [0.2, 0.25) is 0 Å². The van der Waals surface area contributed by atoms with Gasteiger partial charge in [-0.2, -0.15) is 0 Å². The maximum atomic E-state index is 11.8. The van der Waals surface area contributed by atoms with Gasteiger partial charge in [-0.1, -0.05) is 89.7 Å². The van der Waals surface area contributed by atoms with E-state index in [2.05, 4.69) is 19.1 Å². The van der Waals surface area contributed by atoms with E-state index < -0.39 is 40.5 Å². The van der Waals surface area contributed by atoms with Crippen molar-refractivity contribution in [2.24, 2.45) is 0 Å². The zero-order valence-electron chi connectivity index (χ0n) is 24.1. The molecule has 0 heterocycles. The van der Waals surface area contributed by atoms with E-state index in [0.29, 0.717) is 6.42 Å². The maximum absolute atomic E-state index is 11.8. The molecule has 0 radical (unpaired) electrons. The number of nitrogens with zero attached hydrogens (tertiary/aromatic N) is 1.